The van der Waals surface area contributed by atoms with E-state index in [1.165, 1.54) is 6.07 Å². The number of nitrogens with zero attached hydrogens (tertiary/aromatic N) is 1. The van der Waals surface area contributed by atoms with Crippen molar-refractivity contribution in [2.75, 3.05) is 18.4 Å². The van der Waals surface area contributed by atoms with Gasteiger partial charge in [0.15, 0.2) is 5.76 Å². The molecular weight excluding hydrogens is 352 g/mol. The van der Waals surface area contributed by atoms with Crippen molar-refractivity contribution in [1.29, 1.82) is 0 Å². The zero-order chi connectivity index (χ0) is 18.7. The third-order valence-corrected chi connectivity index (χ3v) is 6.63. The van der Waals surface area contributed by atoms with Crippen molar-refractivity contribution in [1.82, 2.24) is 4.31 Å². The maximum Gasteiger partial charge on any atom is 0.291 e. The van der Waals surface area contributed by atoms with E-state index >= 15 is 0 Å². The summed E-state index contributed by atoms with van der Waals surface area (Å²) in [6, 6.07) is 8.24. The highest BCUT2D eigenvalue weighted by Crippen LogP contribution is 2.26. The smallest absolute Gasteiger partial charge is 0.291 e. The van der Waals surface area contributed by atoms with Crippen LogP contribution in [0.3, 0.4) is 0 Å². The Labute approximate surface area is 154 Å². The Morgan fingerprint density at radius 2 is 1.73 bits per heavy atom. The summed E-state index contributed by atoms with van der Waals surface area (Å²) in [4.78, 5) is 12.5. The van der Waals surface area contributed by atoms with Gasteiger partial charge in [-0.3, -0.25) is 4.79 Å². The molecule has 1 saturated heterocycles. The molecule has 0 bridgehead atoms. The number of benzene rings is 1. The lowest BCUT2D eigenvalue weighted by atomic mass is 10.2. The Morgan fingerprint density at radius 3 is 2.35 bits per heavy atom. The van der Waals surface area contributed by atoms with Crippen molar-refractivity contribution in [3.05, 3.63) is 47.4 Å². The number of nitrogens with one attached hydrogen (secondary N) is 1. The fraction of sp³-hybridized carbons (Fsp3) is 0.421. The molecule has 140 valence electrons. The SMILES string of the molecule is Cc1ccc(C(=O)Nc2ccc(C)c(S(=O)(=O)N3CCCCCC3)c2)o1. The molecule has 1 amide bonds. The van der Waals surface area contributed by atoms with E-state index in [0.29, 0.717) is 30.1 Å². The van der Waals surface area contributed by atoms with E-state index in [4.69, 9.17) is 4.42 Å². The van der Waals surface area contributed by atoms with Crippen LogP contribution in [0.2, 0.25) is 0 Å². The van der Waals surface area contributed by atoms with Crippen LogP contribution in [-0.2, 0) is 10.0 Å². The van der Waals surface area contributed by atoms with Crippen molar-refractivity contribution in [2.24, 2.45) is 0 Å². The molecule has 0 aliphatic carbocycles. The Bertz CT molecular complexity index is 894. The van der Waals surface area contributed by atoms with Gasteiger partial charge in [-0.05, 0) is 56.5 Å². The van der Waals surface area contributed by atoms with Crippen LogP contribution in [-0.4, -0.2) is 31.7 Å². The van der Waals surface area contributed by atoms with Crippen molar-refractivity contribution in [3.63, 3.8) is 0 Å². The van der Waals surface area contributed by atoms with Crippen LogP contribution in [0.25, 0.3) is 0 Å². The Kier molecular flexibility index (Phi) is 5.48. The van der Waals surface area contributed by atoms with Gasteiger partial charge in [-0.15, -0.1) is 0 Å². The Hall–Kier alpha value is -2.12. The topological polar surface area (TPSA) is 79.6 Å². The molecule has 6 nitrogen and oxygen atoms in total. The molecule has 1 N–H and O–H groups in total. The predicted molar refractivity (Wildman–Crippen MR) is 99.8 cm³/mol. The molecule has 0 unspecified atom stereocenters. The number of hydrogen-bond acceptors (Lipinski definition) is 4. The van der Waals surface area contributed by atoms with Crippen LogP contribution in [0.4, 0.5) is 5.69 Å². The van der Waals surface area contributed by atoms with E-state index in [9.17, 15) is 13.2 Å². The number of furan rings is 1. The first-order chi connectivity index (χ1) is 12.4. The molecule has 1 aliphatic rings. The Balaban J connectivity index is 1.86. The molecule has 2 heterocycles. The predicted octanol–water partition coefficient (Wildman–Crippen LogP) is 3.71. The van der Waals surface area contributed by atoms with Crippen LogP contribution in [0.5, 0.6) is 0 Å². The van der Waals surface area contributed by atoms with E-state index in [-0.39, 0.29) is 10.7 Å². The first-order valence-corrected chi connectivity index (χ1v) is 10.3. The normalized spacial score (nSPS) is 16.2. The maximum absolute atomic E-state index is 13.1. The van der Waals surface area contributed by atoms with Crippen molar-refractivity contribution in [3.8, 4) is 0 Å². The number of rotatable bonds is 4. The summed E-state index contributed by atoms with van der Waals surface area (Å²) in [5.74, 6) is 0.434. The first-order valence-electron chi connectivity index (χ1n) is 8.86. The van der Waals surface area contributed by atoms with Crippen LogP contribution in [0.15, 0.2) is 39.6 Å². The summed E-state index contributed by atoms with van der Waals surface area (Å²) in [5, 5.41) is 2.71. The van der Waals surface area contributed by atoms with Crippen molar-refractivity contribution >= 4 is 21.6 Å². The summed E-state index contributed by atoms with van der Waals surface area (Å²) in [6.45, 7) is 4.62. The van der Waals surface area contributed by atoms with Crippen LogP contribution < -0.4 is 5.32 Å². The molecule has 1 aromatic carbocycles. The second-order valence-corrected chi connectivity index (χ2v) is 8.57. The molecule has 3 rings (SSSR count). The quantitative estimate of drug-likeness (QED) is 0.882. The fourth-order valence-electron chi connectivity index (χ4n) is 3.13. The third-order valence-electron chi connectivity index (χ3n) is 4.59. The van der Waals surface area contributed by atoms with Gasteiger partial charge in [-0.1, -0.05) is 18.9 Å². The van der Waals surface area contributed by atoms with Crippen molar-refractivity contribution < 1.29 is 17.6 Å². The highest BCUT2D eigenvalue weighted by Gasteiger charge is 2.27. The number of anilines is 1. The summed E-state index contributed by atoms with van der Waals surface area (Å²) >= 11 is 0. The minimum absolute atomic E-state index is 0.194. The highest BCUT2D eigenvalue weighted by atomic mass is 32.2. The van der Waals surface area contributed by atoms with Crippen LogP contribution in [0, 0.1) is 13.8 Å². The minimum Gasteiger partial charge on any atom is -0.456 e. The van der Waals surface area contributed by atoms with Gasteiger partial charge < -0.3 is 9.73 Å². The molecule has 0 atom stereocenters. The third kappa shape index (κ3) is 3.99. The molecule has 0 spiro atoms. The molecule has 7 heteroatoms. The largest absolute Gasteiger partial charge is 0.456 e. The maximum atomic E-state index is 13.1. The number of carbonyl (C=O) groups excluding carboxylic acids is 1. The van der Waals surface area contributed by atoms with Gasteiger partial charge in [0.05, 0.1) is 4.90 Å². The number of aryl methyl sites for hydroxylation is 2. The molecule has 0 saturated carbocycles. The molecule has 1 aliphatic heterocycles. The number of sulfonamides is 1. The van der Waals surface area contributed by atoms with Gasteiger partial charge in [0.1, 0.15) is 5.76 Å². The molecular formula is C19H24N2O4S. The summed E-state index contributed by atoms with van der Waals surface area (Å²) in [5.41, 5.74) is 1.10. The lowest BCUT2D eigenvalue weighted by Gasteiger charge is -2.21. The second kappa shape index (κ2) is 7.63. The van der Waals surface area contributed by atoms with Gasteiger partial charge in [-0.25, -0.2) is 8.42 Å². The van der Waals surface area contributed by atoms with E-state index in [1.807, 2.05) is 0 Å². The zero-order valence-electron chi connectivity index (χ0n) is 15.1. The molecule has 26 heavy (non-hydrogen) atoms. The fourth-order valence-corrected chi connectivity index (χ4v) is 4.89. The molecule has 1 aromatic heterocycles. The van der Waals surface area contributed by atoms with Gasteiger partial charge in [0.25, 0.3) is 5.91 Å². The summed E-state index contributed by atoms with van der Waals surface area (Å²) in [6.07, 6.45) is 3.88. The van der Waals surface area contributed by atoms with Crippen LogP contribution >= 0.6 is 0 Å². The number of hydrogen-bond donors (Lipinski definition) is 1. The van der Waals surface area contributed by atoms with E-state index < -0.39 is 15.9 Å². The lowest BCUT2D eigenvalue weighted by molar-refractivity contribution is 0.0995. The van der Waals surface area contributed by atoms with Gasteiger partial charge in [-0.2, -0.15) is 4.31 Å². The average Bonchev–Trinajstić information content (AvgIpc) is 2.86. The van der Waals surface area contributed by atoms with E-state index in [2.05, 4.69) is 5.32 Å². The van der Waals surface area contributed by atoms with Crippen molar-refractivity contribution in [2.45, 2.75) is 44.4 Å². The molecule has 1 fully saturated rings. The summed E-state index contributed by atoms with van der Waals surface area (Å²) in [7, 11) is -3.58. The van der Waals surface area contributed by atoms with Gasteiger partial charge >= 0.3 is 0 Å². The zero-order valence-corrected chi connectivity index (χ0v) is 15.9. The van der Waals surface area contributed by atoms with Gasteiger partial charge in [0, 0.05) is 18.8 Å². The monoisotopic (exact) mass is 376 g/mol. The average molecular weight is 376 g/mol. The molecule has 0 radical (unpaired) electrons. The van der Waals surface area contributed by atoms with E-state index in [0.717, 1.165) is 25.7 Å². The summed E-state index contributed by atoms with van der Waals surface area (Å²) < 4.78 is 33.0. The first kappa shape index (κ1) is 18.7. The minimum atomic E-state index is -3.58. The number of amides is 1. The lowest BCUT2D eigenvalue weighted by Crippen LogP contribution is -2.32. The number of carbonyl (C=O) groups is 1. The second-order valence-electron chi connectivity index (χ2n) is 6.66. The Morgan fingerprint density at radius 1 is 1.04 bits per heavy atom. The van der Waals surface area contributed by atoms with Gasteiger partial charge in [0.2, 0.25) is 10.0 Å². The van der Waals surface area contributed by atoms with E-state index in [1.54, 1.807) is 42.4 Å². The van der Waals surface area contributed by atoms with Crippen LogP contribution in [0.1, 0.15) is 47.6 Å². The molecule has 2 aromatic rings. The highest BCUT2D eigenvalue weighted by molar-refractivity contribution is 7.89. The standard InChI is InChI=1S/C19H24N2O4S/c1-14-7-9-16(20-19(22)17-10-8-15(2)25-17)13-18(14)26(23,24)21-11-5-3-4-6-12-21/h7-10,13H,3-6,11-12H2,1-2H3,(H,20,22).